The van der Waals surface area contributed by atoms with Crippen molar-refractivity contribution in [2.75, 3.05) is 26.2 Å². The minimum Gasteiger partial charge on any atom is -0.316 e. The lowest BCUT2D eigenvalue weighted by Crippen LogP contribution is -2.47. The Morgan fingerprint density at radius 2 is 1.79 bits per heavy atom. The first-order valence-corrected chi connectivity index (χ1v) is 8.64. The Labute approximate surface area is 120 Å². The number of rotatable bonds is 8. The van der Waals surface area contributed by atoms with Crippen LogP contribution in [0, 0.1) is 11.3 Å². The fourth-order valence-electron chi connectivity index (χ4n) is 3.70. The van der Waals surface area contributed by atoms with Crippen molar-refractivity contribution in [2.45, 2.75) is 71.8 Å². The van der Waals surface area contributed by atoms with Gasteiger partial charge in [-0.3, -0.25) is 4.90 Å². The van der Waals surface area contributed by atoms with Crippen LogP contribution in [0.5, 0.6) is 0 Å². The minimum atomic E-state index is 0.570. The van der Waals surface area contributed by atoms with Gasteiger partial charge in [-0.1, -0.05) is 33.6 Å². The Morgan fingerprint density at radius 1 is 1.11 bits per heavy atom. The molecule has 0 amide bonds. The molecule has 0 saturated heterocycles. The molecule has 0 aromatic carbocycles. The predicted octanol–water partition coefficient (Wildman–Crippen LogP) is 3.67. The van der Waals surface area contributed by atoms with Gasteiger partial charge in [-0.25, -0.2) is 0 Å². The molecule has 2 fully saturated rings. The highest BCUT2D eigenvalue weighted by Crippen LogP contribution is 2.41. The number of nitrogens with one attached hydrogen (secondary N) is 1. The van der Waals surface area contributed by atoms with Gasteiger partial charge >= 0.3 is 0 Å². The lowest BCUT2D eigenvalue weighted by atomic mass is 9.70. The molecule has 0 bridgehead atoms. The van der Waals surface area contributed by atoms with Crippen molar-refractivity contribution in [3.8, 4) is 0 Å². The lowest BCUT2D eigenvalue weighted by molar-refractivity contribution is 0.0825. The Bertz CT molecular complexity index is 246. The Balaban J connectivity index is 1.95. The summed E-state index contributed by atoms with van der Waals surface area (Å²) >= 11 is 0. The van der Waals surface area contributed by atoms with Gasteiger partial charge in [0.2, 0.25) is 0 Å². The first-order valence-electron chi connectivity index (χ1n) is 8.64. The van der Waals surface area contributed by atoms with E-state index < -0.39 is 0 Å². The molecule has 0 unspecified atom stereocenters. The molecule has 0 heterocycles. The first kappa shape index (κ1) is 15.3. The van der Waals surface area contributed by atoms with Gasteiger partial charge in [-0.05, 0) is 56.5 Å². The average molecular weight is 266 g/mol. The van der Waals surface area contributed by atoms with Crippen LogP contribution in [0.1, 0.15) is 65.7 Å². The molecule has 2 aliphatic carbocycles. The Kier molecular flexibility index (Phi) is 5.70. The molecule has 2 saturated carbocycles. The van der Waals surface area contributed by atoms with Crippen molar-refractivity contribution in [1.82, 2.24) is 10.2 Å². The maximum Gasteiger partial charge on any atom is 0.00966 e. The largest absolute Gasteiger partial charge is 0.316 e. The lowest BCUT2D eigenvalue weighted by Gasteiger charge is -2.43. The number of hydrogen-bond acceptors (Lipinski definition) is 2. The van der Waals surface area contributed by atoms with Gasteiger partial charge in [-0.2, -0.15) is 0 Å². The fraction of sp³-hybridized carbons (Fsp3) is 1.00. The third kappa shape index (κ3) is 4.46. The molecule has 2 nitrogen and oxygen atoms in total. The van der Waals surface area contributed by atoms with Crippen LogP contribution in [-0.2, 0) is 0 Å². The van der Waals surface area contributed by atoms with E-state index in [0.717, 1.165) is 18.5 Å². The second-order valence-electron chi connectivity index (χ2n) is 7.16. The van der Waals surface area contributed by atoms with Gasteiger partial charge in [0.1, 0.15) is 0 Å². The molecule has 112 valence electrons. The molecule has 0 aromatic heterocycles. The molecule has 2 heteroatoms. The molecule has 0 atom stereocenters. The molecule has 0 radical (unpaired) electrons. The Morgan fingerprint density at radius 3 is 2.32 bits per heavy atom. The highest BCUT2D eigenvalue weighted by atomic mass is 15.2. The quantitative estimate of drug-likeness (QED) is 0.721. The van der Waals surface area contributed by atoms with Crippen LogP contribution in [-0.4, -0.2) is 37.1 Å². The number of hydrogen-bond donors (Lipinski definition) is 1. The molecule has 0 aliphatic heterocycles. The maximum atomic E-state index is 3.65. The van der Waals surface area contributed by atoms with Gasteiger partial charge in [0.05, 0.1) is 0 Å². The summed E-state index contributed by atoms with van der Waals surface area (Å²) < 4.78 is 0. The standard InChI is InChI=1S/C17H34N2/c1-4-12-19(16-6-7-16)14-17(13-18-5-2)10-8-15(3)9-11-17/h15-16,18H,4-14H2,1-3H3. The summed E-state index contributed by atoms with van der Waals surface area (Å²) in [6, 6.07) is 0.929. The van der Waals surface area contributed by atoms with Crippen molar-refractivity contribution in [1.29, 1.82) is 0 Å². The van der Waals surface area contributed by atoms with E-state index in [2.05, 4.69) is 31.0 Å². The summed E-state index contributed by atoms with van der Waals surface area (Å²) in [6.07, 6.45) is 9.97. The fourth-order valence-corrected chi connectivity index (χ4v) is 3.70. The monoisotopic (exact) mass is 266 g/mol. The van der Waals surface area contributed by atoms with Crippen LogP contribution in [0.15, 0.2) is 0 Å². The van der Waals surface area contributed by atoms with Crippen LogP contribution >= 0.6 is 0 Å². The van der Waals surface area contributed by atoms with Crippen LogP contribution in [0.25, 0.3) is 0 Å². The molecule has 0 spiro atoms. The highest BCUT2D eigenvalue weighted by molar-refractivity contribution is 4.93. The topological polar surface area (TPSA) is 15.3 Å². The van der Waals surface area contributed by atoms with Gasteiger partial charge in [-0.15, -0.1) is 0 Å². The summed E-state index contributed by atoms with van der Waals surface area (Å²) in [6.45, 7) is 12.0. The SMILES string of the molecule is CCCN(CC1(CNCC)CCC(C)CC1)C1CC1. The van der Waals surface area contributed by atoms with Crippen LogP contribution in [0.3, 0.4) is 0 Å². The molecular formula is C17H34N2. The van der Waals surface area contributed by atoms with Crippen LogP contribution < -0.4 is 5.32 Å². The van der Waals surface area contributed by atoms with Crippen molar-refractivity contribution < 1.29 is 0 Å². The van der Waals surface area contributed by atoms with E-state index in [1.165, 1.54) is 64.6 Å². The first-order chi connectivity index (χ1) is 9.19. The summed E-state index contributed by atoms with van der Waals surface area (Å²) in [4.78, 5) is 2.81. The average Bonchev–Trinajstić information content (AvgIpc) is 3.24. The van der Waals surface area contributed by atoms with E-state index in [0.29, 0.717) is 5.41 Å². The van der Waals surface area contributed by atoms with Gasteiger partial charge < -0.3 is 5.32 Å². The van der Waals surface area contributed by atoms with Crippen molar-refractivity contribution in [3.05, 3.63) is 0 Å². The molecule has 2 rings (SSSR count). The van der Waals surface area contributed by atoms with Crippen molar-refractivity contribution >= 4 is 0 Å². The van der Waals surface area contributed by atoms with E-state index in [4.69, 9.17) is 0 Å². The smallest absolute Gasteiger partial charge is 0.00966 e. The molecule has 0 aromatic rings. The van der Waals surface area contributed by atoms with E-state index in [9.17, 15) is 0 Å². The van der Waals surface area contributed by atoms with E-state index in [1.807, 2.05) is 0 Å². The normalized spacial score (nSPS) is 31.9. The van der Waals surface area contributed by atoms with Gasteiger partial charge in [0.25, 0.3) is 0 Å². The predicted molar refractivity (Wildman–Crippen MR) is 83.5 cm³/mol. The van der Waals surface area contributed by atoms with Gasteiger partial charge in [0.15, 0.2) is 0 Å². The van der Waals surface area contributed by atoms with Crippen molar-refractivity contribution in [2.24, 2.45) is 11.3 Å². The molecule has 2 aliphatic rings. The summed E-state index contributed by atoms with van der Waals surface area (Å²) in [7, 11) is 0. The zero-order valence-electron chi connectivity index (χ0n) is 13.4. The van der Waals surface area contributed by atoms with Crippen LogP contribution in [0.2, 0.25) is 0 Å². The van der Waals surface area contributed by atoms with Crippen LogP contribution in [0.4, 0.5) is 0 Å². The highest BCUT2D eigenvalue weighted by Gasteiger charge is 2.38. The summed E-state index contributed by atoms with van der Waals surface area (Å²) in [5.74, 6) is 0.954. The number of nitrogens with zero attached hydrogens (tertiary/aromatic N) is 1. The van der Waals surface area contributed by atoms with E-state index in [-0.39, 0.29) is 0 Å². The zero-order valence-corrected chi connectivity index (χ0v) is 13.4. The molecular weight excluding hydrogens is 232 g/mol. The Hall–Kier alpha value is -0.0800. The van der Waals surface area contributed by atoms with Gasteiger partial charge in [0, 0.05) is 19.1 Å². The van der Waals surface area contributed by atoms with E-state index in [1.54, 1.807) is 0 Å². The molecule has 1 N–H and O–H groups in total. The minimum absolute atomic E-state index is 0.570. The third-order valence-corrected chi connectivity index (χ3v) is 5.20. The second kappa shape index (κ2) is 7.08. The second-order valence-corrected chi connectivity index (χ2v) is 7.16. The summed E-state index contributed by atoms with van der Waals surface area (Å²) in [5.41, 5.74) is 0.570. The third-order valence-electron chi connectivity index (χ3n) is 5.20. The maximum absolute atomic E-state index is 3.65. The zero-order chi connectivity index (χ0) is 13.7. The van der Waals surface area contributed by atoms with Crippen molar-refractivity contribution in [3.63, 3.8) is 0 Å². The summed E-state index contributed by atoms with van der Waals surface area (Å²) in [5, 5.41) is 3.65. The molecule has 19 heavy (non-hydrogen) atoms. The van der Waals surface area contributed by atoms with E-state index >= 15 is 0 Å².